The van der Waals surface area contributed by atoms with Crippen LogP contribution in [0, 0.1) is 13.8 Å². The van der Waals surface area contributed by atoms with Gasteiger partial charge in [-0.25, -0.2) is 4.98 Å². The molecule has 0 unspecified atom stereocenters. The number of carbonyl (C=O) groups excluding carboxylic acids is 1. The minimum Gasteiger partial charge on any atom is -0.481 e. The van der Waals surface area contributed by atoms with E-state index < -0.39 is 6.36 Å². The topological polar surface area (TPSA) is 78.3 Å². The quantitative estimate of drug-likeness (QED) is 0.416. The summed E-state index contributed by atoms with van der Waals surface area (Å²) in [6.07, 6.45) is -4.81. The Kier molecular flexibility index (Phi) is 6.14. The van der Waals surface area contributed by atoms with Crippen LogP contribution >= 0.6 is 0 Å². The minimum atomic E-state index is -4.81. The van der Waals surface area contributed by atoms with Gasteiger partial charge in [0.1, 0.15) is 5.75 Å². The molecule has 2 aromatic heterocycles. The van der Waals surface area contributed by atoms with E-state index in [1.165, 1.54) is 30.0 Å². The van der Waals surface area contributed by atoms with Gasteiger partial charge in [-0.3, -0.25) is 9.48 Å². The Balaban J connectivity index is 1.64. The van der Waals surface area contributed by atoms with Crippen molar-refractivity contribution in [2.75, 3.05) is 12.4 Å². The number of aryl methyl sites for hydroxylation is 1. The van der Waals surface area contributed by atoms with Crippen LogP contribution in [-0.4, -0.2) is 34.1 Å². The van der Waals surface area contributed by atoms with Crippen molar-refractivity contribution in [2.45, 2.75) is 26.8 Å². The number of aromatic nitrogens is 3. The fourth-order valence-corrected chi connectivity index (χ4v) is 3.68. The van der Waals surface area contributed by atoms with Gasteiger partial charge in [0.2, 0.25) is 5.88 Å². The second-order valence-corrected chi connectivity index (χ2v) is 7.54. The fraction of sp³-hybridized carbons (Fsp3) is 0.208. The number of alkyl halides is 3. The molecule has 0 bridgehead atoms. The van der Waals surface area contributed by atoms with Crippen LogP contribution < -0.4 is 14.8 Å². The molecule has 7 nitrogen and oxygen atoms in total. The third-order valence-corrected chi connectivity index (χ3v) is 5.28. The lowest BCUT2D eigenvalue weighted by molar-refractivity contribution is -0.274. The molecular formula is C24H21F3N4O3. The molecule has 0 radical (unpaired) electrons. The van der Waals surface area contributed by atoms with E-state index in [0.717, 1.165) is 0 Å². The third kappa shape index (κ3) is 4.80. The number of benzene rings is 2. The largest absolute Gasteiger partial charge is 0.573 e. The molecule has 1 N–H and O–H groups in total. The van der Waals surface area contributed by atoms with E-state index in [1.54, 1.807) is 38.1 Å². The molecule has 34 heavy (non-hydrogen) atoms. The number of nitrogens with zero attached hydrogens (tertiary/aromatic N) is 3. The van der Waals surface area contributed by atoms with Crippen LogP contribution in [0.4, 0.5) is 18.9 Å². The summed E-state index contributed by atoms with van der Waals surface area (Å²) in [5, 5.41) is 7.95. The van der Waals surface area contributed by atoms with Crippen molar-refractivity contribution in [2.24, 2.45) is 0 Å². The molecule has 0 spiro atoms. The first kappa shape index (κ1) is 23.1. The number of nitrogens with one attached hydrogen (secondary N) is 1. The van der Waals surface area contributed by atoms with Crippen LogP contribution in [-0.2, 0) is 6.54 Å². The van der Waals surface area contributed by atoms with Crippen LogP contribution in [0.5, 0.6) is 11.6 Å². The zero-order chi connectivity index (χ0) is 24.5. The number of anilines is 1. The molecular weight excluding hydrogens is 449 g/mol. The summed E-state index contributed by atoms with van der Waals surface area (Å²) < 4.78 is 49.2. The Hall–Kier alpha value is -4.08. The summed E-state index contributed by atoms with van der Waals surface area (Å²) in [6.45, 7) is 3.47. The van der Waals surface area contributed by atoms with Gasteiger partial charge >= 0.3 is 6.36 Å². The molecule has 2 heterocycles. The average Bonchev–Trinajstić information content (AvgIpc) is 3.05. The zero-order valence-electron chi connectivity index (χ0n) is 18.6. The lowest BCUT2D eigenvalue weighted by Crippen LogP contribution is -2.19. The molecule has 0 fully saturated rings. The highest BCUT2D eigenvalue weighted by molar-refractivity contribution is 6.13. The summed E-state index contributed by atoms with van der Waals surface area (Å²) in [7, 11) is 1.47. The normalized spacial score (nSPS) is 11.5. The zero-order valence-corrected chi connectivity index (χ0v) is 18.6. The van der Waals surface area contributed by atoms with Gasteiger partial charge in [0.25, 0.3) is 5.91 Å². The first-order chi connectivity index (χ1) is 16.2. The maximum absolute atomic E-state index is 13.2. The average molecular weight is 470 g/mol. The number of hydrogen-bond acceptors (Lipinski definition) is 5. The summed E-state index contributed by atoms with van der Waals surface area (Å²) in [5.74, 6) is -0.388. The SMILES string of the molecule is COc1cc(C(=O)Nc2c(C)nn(Cc3ccccc3OC(F)(F)F)c2C)c2ccccc2n1. The van der Waals surface area contributed by atoms with Gasteiger partial charge in [-0.2, -0.15) is 5.10 Å². The molecule has 2 aromatic carbocycles. The van der Waals surface area contributed by atoms with Gasteiger partial charge in [-0.15, -0.1) is 13.2 Å². The summed E-state index contributed by atoms with van der Waals surface area (Å²) in [6, 6.07) is 14.6. The molecule has 0 atom stereocenters. The van der Waals surface area contributed by atoms with Crippen LogP contribution in [0.3, 0.4) is 0 Å². The van der Waals surface area contributed by atoms with E-state index in [-0.39, 0.29) is 18.2 Å². The number of hydrogen-bond donors (Lipinski definition) is 1. The molecule has 176 valence electrons. The van der Waals surface area contributed by atoms with Crippen LogP contribution in [0.25, 0.3) is 10.9 Å². The van der Waals surface area contributed by atoms with Gasteiger partial charge in [-0.05, 0) is 26.0 Å². The molecule has 4 aromatic rings. The van der Waals surface area contributed by atoms with E-state index in [2.05, 4.69) is 20.1 Å². The number of pyridine rings is 1. The highest BCUT2D eigenvalue weighted by atomic mass is 19.4. The van der Waals surface area contributed by atoms with Gasteiger partial charge in [-0.1, -0.05) is 36.4 Å². The van der Waals surface area contributed by atoms with E-state index in [9.17, 15) is 18.0 Å². The lowest BCUT2D eigenvalue weighted by Gasteiger charge is -2.14. The number of fused-ring (bicyclic) bond motifs is 1. The van der Waals surface area contributed by atoms with Gasteiger partial charge < -0.3 is 14.8 Å². The molecule has 0 aliphatic carbocycles. The molecule has 10 heteroatoms. The van der Waals surface area contributed by atoms with Crippen molar-refractivity contribution in [3.63, 3.8) is 0 Å². The van der Waals surface area contributed by atoms with Crippen molar-refractivity contribution in [3.8, 4) is 11.6 Å². The van der Waals surface area contributed by atoms with Crippen molar-refractivity contribution in [1.82, 2.24) is 14.8 Å². The standard InChI is InChI=1S/C24H21F3N4O3/c1-14-22(29-23(32)18-12-21(33-3)28-19-10-6-5-9-17(18)19)15(2)31(30-14)13-16-8-4-7-11-20(16)34-24(25,26)27/h4-12H,13H2,1-3H3,(H,29,32). The van der Waals surface area contributed by atoms with Gasteiger partial charge in [0.05, 0.1) is 41.8 Å². The van der Waals surface area contributed by atoms with Crippen LogP contribution in [0.15, 0.2) is 54.6 Å². The van der Waals surface area contributed by atoms with E-state index in [4.69, 9.17) is 4.74 Å². The monoisotopic (exact) mass is 470 g/mol. The van der Waals surface area contributed by atoms with Crippen LogP contribution in [0.2, 0.25) is 0 Å². The molecule has 1 amide bonds. The molecule has 4 rings (SSSR count). The van der Waals surface area contributed by atoms with Gasteiger partial charge in [0, 0.05) is 17.0 Å². The Morgan fingerprint density at radius 3 is 2.53 bits per heavy atom. The van der Waals surface area contributed by atoms with Crippen molar-refractivity contribution >= 4 is 22.5 Å². The minimum absolute atomic E-state index is 0.0286. The second-order valence-electron chi connectivity index (χ2n) is 7.54. The maximum Gasteiger partial charge on any atom is 0.573 e. The molecule has 0 aliphatic heterocycles. The Bertz CT molecular complexity index is 1370. The first-order valence-electron chi connectivity index (χ1n) is 10.3. The predicted molar refractivity (Wildman–Crippen MR) is 120 cm³/mol. The Morgan fingerprint density at radius 1 is 1.09 bits per heavy atom. The highest BCUT2D eigenvalue weighted by Gasteiger charge is 2.32. The maximum atomic E-state index is 13.2. The summed E-state index contributed by atoms with van der Waals surface area (Å²) in [4.78, 5) is 17.6. The number of rotatable bonds is 6. The second kappa shape index (κ2) is 9.05. The molecule has 0 saturated carbocycles. The first-order valence-corrected chi connectivity index (χ1v) is 10.3. The lowest BCUT2D eigenvalue weighted by atomic mass is 10.1. The van der Waals surface area contributed by atoms with E-state index >= 15 is 0 Å². The van der Waals surface area contributed by atoms with E-state index in [1.807, 2.05) is 12.1 Å². The van der Waals surface area contributed by atoms with Crippen molar-refractivity contribution < 1.29 is 27.4 Å². The number of carbonyl (C=O) groups is 1. The smallest absolute Gasteiger partial charge is 0.481 e. The van der Waals surface area contributed by atoms with Gasteiger partial charge in [0.15, 0.2) is 0 Å². The summed E-state index contributed by atoms with van der Waals surface area (Å²) in [5.41, 5.74) is 2.85. The molecule has 0 aliphatic rings. The Morgan fingerprint density at radius 2 is 1.79 bits per heavy atom. The number of amides is 1. The summed E-state index contributed by atoms with van der Waals surface area (Å²) >= 11 is 0. The number of methoxy groups -OCH3 is 1. The third-order valence-electron chi connectivity index (χ3n) is 5.28. The van der Waals surface area contributed by atoms with Crippen molar-refractivity contribution in [1.29, 1.82) is 0 Å². The number of para-hydroxylation sites is 2. The van der Waals surface area contributed by atoms with E-state index in [0.29, 0.717) is 45.0 Å². The number of halogens is 3. The van der Waals surface area contributed by atoms with Crippen molar-refractivity contribution in [3.05, 3.63) is 77.1 Å². The van der Waals surface area contributed by atoms with Crippen LogP contribution in [0.1, 0.15) is 27.3 Å². The highest BCUT2D eigenvalue weighted by Crippen LogP contribution is 2.29. The molecule has 0 saturated heterocycles. The number of ether oxygens (including phenoxy) is 2. The Labute approximate surface area is 193 Å². The fourth-order valence-electron chi connectivity index (χ4n) is 3.68. The predicted octanol–water partition coefficient (Wildman–Crippen LogP) is 5.26.